The van der Waals surface area contributed by atoms with Gasteiger partial charge in [0.2, 0.25) is 0 Å². The molecule has 1 aliphatic carbocycles. The van der Waals surface area contributed by atoms with Gasteiger partial charge in [-0.05, 0) is 18.1 Å². The number of nitrogens with two attached hydrogens (primary N) is 1. The normalized spacial score (nSPS) is 27.4. The van der Waals surface area contributed by atoms with Gasteiger partial charge in [0, 0.05) is 12.0 Å². The smallest absolute Gasteiger partial charge is 0.105 e. The fraction of sp³-hybridized carbons (Fsp3) is 0.273. The molecule has 0 saturated heterocycles. The molecule has 0 heterocycles. The molecule has 1 fully saturated rings. The van der Waals surface area contributed by atoms with Crippen LogP contribution in [0.5, 0.6) is 0 Å². The van der Waals surface area contributed by atoms with Crippen molar-refractivity contribution in [2.24, 2.45) is 11.7 Å². The summed E-state index contributed by atoms with van der Waals surface area (Å²) in [5, 5.41) is 0. The predicted octanol–water partition coefficient (Wildman–Crippen LogP) is 2.34. The monoisotopic (exact) mass is 177 g/mol. The summed E-state index contributed by atoms with van der Waals surface area (Å²) < 4.78 is 13.3. The molecule has 2 rings (SSSR count). The van der Waals surface area contributed by atoms with E-state index < -0.39 is 0 Å². The second-order valence-corrected chi connectivity index (χ2v) is 3.45. The van der Waals surface area contributed by atoms with E-state index in [4.69, 9.17) is 5.73 Å². The van der Waals surface area contributed by atoms with Crippen molar-refractivity contribution in [1.29, 1.82) is 0 Å². The molecular formula is C11H12FN. The Morgan fingerprint density at radius 2 is 2.00 bits per heavy atom. The summed E-state index contributed by atoms with van der Waals surface area (Å²) in [7, 11) is 0. The number of hydrogen-bond donors (Lipinski definition) is 1. The Kier molecular flexibility index (Phi) is 2.15. The minimum atomic E-state index is -0.0845. The van der Waals surface area contributed by atoms with Crippen molar-refractivity contribution in [1.82, 2.24) is 0 Å². The molecule has 2 atom stereocenters. The topological polar surface area (TPSA) is 26.0 Å². The lowest BCUT2D eigenvalue weighted by Crippen LogP contribution is -2.01. The van der Waals surface area contributed by atoms with Crippen LogP contribution in [0.25, 0.3) is 6.08 Å². The van der Waals surface area contributed by atoms with E-state index in [2.05, 4.69) is 0 Å². The Morgan fingerprint density at radius 3 is 2.54 bits per heavy atom. The first kappa shape index (κ1) is 8.45. The maximum Gasteiger partial charge on any atom is 0.105 e. The van der Waals surface area contributed by atoms with E-state index in [1.54, 1.807) is 6.08 Å². The van der Waals surface area contributed by atoms with Crippen molar-refractivity contribution >= 4 is 6.08 Å². The Morgan fingerprint density at radius 1 is 1.38 bits per heavy atom. The van der Waals surface area contributed by atoms with Gasteiger partial charge in [0.05, 0.1) is 0 Å². The van der Waals surface area contributed by atoms with Crippen LogP contribution >= 0.6 is 0 Å². The molecule has 0 amide bonds. The second-order valence-electron chi connectivity index (χ2n) is 3.45. The first-order chi connectivity index (χ1) is 6.27. The molecule has 1 aromatic carbocycles. The molecule has 1 aromatic rings. The van der Waals surface area contributed by atoms with Gasteiger partial charge < -0.3 is 5.73 Å². The second kappa shape index (κ2) is 3.30. The van der Waals surface area contributed by atoms with E-state index in [9.17, 15) is 4.39 Å². The van der Waals surface area contributed by atoms with E-state index in [0.717, 1.165) is 12.0 Å². The average Bonchev–Trinajstić information content (AvgIpc) is 2.84. The first-order valence-corrected chi connectivity index (χ1v) is 4.45. The van der Waals surface area contributed by atoms with Gasteiger partial charge >= 0.3 is 0 Å². The van der Waals surface area contributed by atoms with Crippen LogP contribution in [0.3, 0.4) is 0 Å². The lowest BCUT2D eigenvalue weighted by Gasteiger charge is -1.94. The van der Waals surface area contributed by atoms with Crippen molar-refractivity contribution in [2.75, 3.05) is 0 Å². The quantitative estimate of drug-likeness (QED) is 0.737. The molecule has 1 saturated carbocycles. The highest BCUT2D eigenvalue weighted by Crippen LogP contribution is 2.36. The van der Waals surface area contributed by atoms with Crippen LogP contribution < -0.4 is 5.73 Å². The van der Waals surface area contributed by atoms with Crippen molar-refractivity contribution in [2.45, 2.75) is 12.5 Å². The Bertz CT molecular complexity index is 318. The van der Waals surface area contributed by atoms with Crippen LogP contribution in [0.1, 0.15) is 12.0 Å². The van der Waals surface area contributed by atoms with E-state index in [-0.39, 0.29) is 17.8 Å². The predicted molar refractivity (Wildman–Crippen MR) is 51.6 cm³/mol. The zero-order valence-electron chi connectivity index (χ0n) is 7.28. The van der Waals surface area contributed by atoms with E-state index in [0.29, 0.717) is 0 Å². The minimum absolute atomic E-state index is 0.0276. The average molecular weight is 177 g/mol. The van der Waals surface area contributed by atoms with E-state index in [1.807, 2.05) is 30.3 Å². The lowest BCUT2D eigenvalue weighted by atomic mass is 10.2. The van der Waals surface area contributed by atoms with Crippen LogP contribution in [-0.2, 0) is 0 Å². The van der Waals surface area contributed by atoms with Crippen LogP contribution in [0.2, 0.25) is 0 Å². The summed E-state index contributed by atoms with van der Waals surface area (Å²) in [4.78, 5) is 0. The molecule has 68 valence electrons. The number of benzene rings is 1. The maximum absolute atomic E-state index is 13.3. The number of halogens is 1. The molecule has 0 aliphatic heterocycles. The van der Waals surface area contributed by atoms with Crippen LogP contribution in [0.15, 0.2) is 36.2 Å². The van der Waals surface area contributed by atoms with Crippen molar-refractivity contribution in [3.63, 3.8) is 0 Å². The largest absolute Gasteiger partial charge is 0.327 e. The summed E-state index contributed by atoms with van der Waals surface area (Å²) in [5.41, 5.74) is 6.44. The van der Waals surface area contributed by atoms with Crippen LogP contribution in [-0.4, -0.2) is 6.04 Å². The molecule has 0 radical (unpaired) electrons. The Hall–Kier alpha value is -1.15. The number of hydrogen-bond acceptors (Lipinski definition) is 1. The standard InChI is InChI=1S/C11H12FN/c12-10(9-7-11(9)13)6-8-4-2-1-3-5-8/h1-6,9,11H,7,13H2. The van der Waals surface area contributed by atoms with Crippen LogP contribution in [0, 0.1) is 5.92 Å². The highest BCUT2D eigenvalue weighted by atomic mass is 19.1. The summed E-state index contributed by atoms with van der Waals surface area (Å²) in [6, 6.07) is 9.51. The van der Waals surface area contributed by atoms with Crippen molar-refractivity contribution in [3.8, 4) is 0 Å². The summed E-state index contributed by atoms with van der Waals surface area (Å²) in [6.45, 7) is 0. The first-order valence-electron chi connectivity index (χ1n) is 4.45. The summed E-state index contributed by atoms with van der Waals surface area (Å²) in [6.07, 6.45) is 2.35. The van der Waals surface area contributed by atoms with Gasteiger partial charge in [-0.2, -0.15) is 0 Å². The molecule has 1 aliphatic rings. The van der Waals surface area contributed by atoms with E-state index in [1.165, 1.54) is 0 Å². The minimum Gasteiger partial charge on any atom is -0.327 e. The molecule has 1 nitrogen and oxygen atoms in total. The fourth-order valence-corrected chi connectivity index (χ4v) is 1.35. The van der Waals surface area contributed by atoms with Gasteiger partial charge in [0.1, 0.15) is 5.83 Å². The molecule has 2 N–H and O–H groups in total. The van der Waals surface area contributed by atoms with Gasteiger partial charge in [-0.1, -0.05) is 30.3 Å². The zero-order chi connectivity index (χ0) is 9.26. The third-order valence-electron chi connectivity index (χ3n) is 2.30. The van der Waals surface area contributed by atoms with Gasteiger partial charge in [0.15, 0.2) is 0 Å². The lowest BCUT2D eigenvalue weighted by molar-refractivity contribution is 0.578. The number of rotatable bonds is 2. The van der Waals surface area contributed by atoms with Gasteiger partial charge in [-0.25, -0.2) is 4.39 Å². The maximum atomic E-state index is 13.3. The van der Waals surface area contributed by atoms with Gasteiger partial charge in [0.25, 0.3) is 0 Å². The molecule has 0 aromatic heterocycles. The molecule has 0 spiro atoms. The third-order valence-corrected chi connectivity index (χ3v) is 2.30. The highest BCUT2D eigenvalue weighted by Gasteiger charge is 2.37. The Balaban J connectivity index is 2.12. The van der Waals surface area contributed by atoms with Crippen molar-refractivity contribution < 1.29 is 4.39 Å². The van der Waals surface area contributed by atoms with Gasteiger partial charge in [-0.15, -0.1) is 0 Å². The van der Waals surface area contributed by atoms with E-state index >= 15 is 0 Å². The SMILES string of the molecule is NC1CC1C(F)=Cc1ccccc1. The molecular weight excluding hydrogens is 165 g/mol. The molecule has 2 heteroatoms. The summed E-state index contributed by atoms with van der Waals surface area (Å²) >= 11 is 0. The van der Waals surface area contributed by atoms with Gasteiger partial charge in [-0.3, -0.25) is 0 Å². The molecule has 13 heavy (non-hydrogen) atoms. The zero-order valence-corrected chi connectivity index (χ0v) is 7.28. The molecule has 2 unspecified atom stereocenters. The molecule has 0 bridgehead atoms. The highest BCUT2D eigenvalue weighted by molar-refractivity contribution is 5.52. The van der Waals surface area contributed by atoms with Crippen LogP contribution in [0.4, 0.5) is 4.39 Å². The van der Waals surface area contributed by atoms with Crippen molar-refractivity contribution in [3.05, 3.63) is 41.7 Å². The summed E-state index contributed by atoms with van der Waals surface area (Å²) in [5.74, 6) is -0.112. The Labute approximate surface area is 77.1 Å². The fourth-order valence-electron chi connectivity index (χ4n) is 1.35. The third kappa shape index (κ3) is 1.95.